The number of nitrogens with one attached hydrogen (secondary N) is 1. The van der Waals surface area contributed by atoms with E-state index in [0.717, 1.165) is 11.5 Å². The molecule has 0 spiro atoms. The van der Waals surface area contributed by atoms with E-state index in [1.54, 1.807) is 12.4 Å². The van der Waals surface area contributed by atoms with Crippen molar-refractivity contribution in [1.82, 2.24) is 10.3 Å². The summed E-state index contributed by atoms with van der Waals surface area (Å²) in [7, 11) is -1.22. The van der Waals surface area contributed by atoms with Crippen LogP contribution in [0.15, 0.2) is 24.5 Å². The van der Waals surface area contributed by atoms with Gasteiger partial charge in [0, 0.05) is 33.9 Å². The van der Waals surface area contributed by atoms with Gasteiger partial charge < -0.3 is 10.1 Å². The minimum atomic E-state index is -1.22. The summed E-state index contributed by atoms with van der Waals surface area (Å²) in [4.78, 5) is 16.5. The molecule has 3 rings (SSSR count). The second-order valence-corrected chi connectivity index (χ2v) is 11.3. The molecule has 0 saturated heterocycles. The maximum atomic E-state index is 13.0. The van der Waals surface area contributed by atoms with E-state index in [4.69, 9.17) is 4.74 Å². The third-order valence-corrected chi connectivity index (χ3v) is 5.99. The third-order valence-electron chi connectivity index (χ3n) is 4.11. The van der Waals surface area contributed by atoms with Crippen LogP contribution in [-0.4, -0.2) is 25.6 Å². The molecule has 0 aromatic carbocycles. The van der Waals surface area contributed by atoms with E-state index in [0.29, 0.717) is 5.25 Å². The first kappa shape index (κ1) is 29.1. The van der Waals surface area contributed by atoms with Gasteiger partial charge in [0.05, 0.1) is 11.3 Å². The number of alkyl carbamates (subject to hydrolysis) is 1. The van der Waals surface area contributed by atoms with Gasteiger partial charge in [0.2, 0.25) is 0 Å². The van der Waals surface area contributed by atoms with E-state index in [2.05, 4.69) is 10.3 Å². The molecule has 10 radical (unpaired) electrons. The summed E-state index contributed by atoms with van der Waals surface area (Å²) in [5, 5.41) is 3.61. The zero-order chi connectivity index (χ0) is 23.1. The molecule has 2 aliphatic carbocycles. The molecule has 2 fully saturated rings. The first-order chi connectivity index (χ1) is 14.5. The second-order valence-electron chi connectivity index (χ2n) is 9.05. The maximum absolute atomic E-state index is 13.0. The van der Waals surface area contributed by atoms with Crippen LogP contribution in [0, 0.1) is 62.5 Å². The number of rotatable bonds is 4. The average Bonchev–Trinajstić information content (AvgIpc) is 3.38. The number of hydrogen-bond donors (Lipinski definition) is 1. The third kappa shape index (κ3) is 9.52. The normalized spacial score (nSPS) is 19.3. The summed E-state index contributed by atoms with van der Waals surface area (Å²) in [6.07, 6.45) is 18.4. The summed E-state index contributed by atoms with van der Waals surface area (Å²) in [6, 6.07) is 3.20. The van der Waals surface area contributed by atoms with Crippen molar-refractivity contribution in [2.75, 3.05) is 0 Å². The van der Waals surface area contributed by atoms with Gasteiger partial charge in [-0.25, -0.2) is 4.79 Å². The SMILES string of the molecule is CC(C)(C)OC(=O)N[C@H]([C]1[CH][CH][CH][C]1[S@@](=O)C(C)(C)C)c1cccnc1.[CH]1[CH][CH][CH][CH]1.[Fe+2]. The van der Waals surface area contributed by atoms with Gasteiger partial charge in [-0.1, -0.05) is 6.07 Å². The van der Waals surface area contributed by atoms with Crippen molar-refractivity contribution >= 4 is 16.9 Å². The first-order valence-electron chi connectivity index (χ1n) is 10.2. The zero-order valence-electron chi connectivity index (χ0n) is 19.4. The van der Waals surface area contributed by atoms with Gasteiger partial charge in [0.15, 0.2) is 0 Å². The molecule has 0 aliphatic heterocycles. The van der Waals surface area contributed by atoms with Crippen molar-refractivity contribution in [2.24, 2.45) is 0 Å². The molecule has 1 N–H and O–H groups in total. The number of nitrogens with zero attached hydrogens (tertiary/aromatic N) is 1. The predicted octanol–water partition coefficient (Wildman–Crippen LogP) is 4.95. The molecule has 1 aromatic rings. The van der Waals surface area contributed by atoms with Crippen molar-refractivity contribution in [1.29, 1.82) is 0 Å². The number of carbonyl (C=O) groups excluding carboxylic acids is 1. The number of hydrogen-bond acceptors (Lipinski definition) is 4. The van der Waals surface area contributed by atoms with E-state index in [9.17, 15) is 9.00 Å². The number of aromatic nitrogens is 1. The van der Waals surface area contributed by atoms with E-state index >= 15 is 0 Å². The Labute approximate surface area is 208 Å². The second kappa shape index (κ2) is 13.1. The van der Waals surface area contributed by atoms with Crippen LogP contribution in [0.25, 0.3) is 0 Å². The molecule has 32 heavy (non-hydrogen) atoms. The Morgan fingerprint density at radius 1 is 1.00 bits per heavy atom. The first-order valence-corrected chi connectivity index (χ1v) is 11.4. The molecule has 1 heterocycles. The quantitative estimate of drug-likeness (QED) is 0.600. The predicted molar refractivity (Wildman–Crippen MR) is 125 cm³/mol. The van der Waals surface area contributed by atoms with Crippen LogP contribution in [0.4, 0.5) is 4.79 Å². The number of amides is 1. The molecule has 2 saturated carbocycles. The molecular formula is C25H32FeN2O3S+2. The average molecular weight is 496 g/mol. The summed E-state index contributed by atoms with van der Waals surface area (Å²) < 4.78 is 18.0. The number of ether oxygens (including phenoxy) is 1. The smallest absolute Gasteiger partial charge is 0.444 e. The van der Waals surface area contributed by atoms with Gasteiger partial charge >= 0.3 is 23.2 Å². The number of pyridine rings is 1. The Bertz CT molecular complexity index is 705. The van der Waals surface area contributed by atoms with Gasteiger partial charge in [-0.3, -0.25) is 9.19 Å². The maximum Gasteiger partial charge on any atom is 2.00 e. The zero-order valence-corrected chi connectivity index (χ0v) is 21.4. The Hall–Kier alpha value is -0.911. The Kier molecular flexibility index (Phi) is 11.9. The van der Waals surface area contributed by atoms with Gasteiger partial charge in [-0.05, 0) is 105 Å². The largest absolute Gasteiger partial charge is 2.00 e. The van der Waals surface area contributed by atoms with Crippen molar-refractivity contribution in [3.63, 3.8) is 0 Å². The molecule has 1 amide bonds. The fourth-order valence-electron chi connectivity index (χ4n) is 2.79. The fourth-order valence-corrected chi connectivity index (χ4v) is 4.05. The van der Waals surface area contributed by atoms with Gasteiger partial charge in [0.1, 0.15) is 5.60 Å². The van der Waals surface area contributed by atoms with Crippen molar-refractivity contribution in [3.8, 4) is 0 Å². The topological polar surface area (TPSA) is 68.3 Å². The minimum absolute atomic E-state index is 0. The van der Waals surface area contributed by atoms with Gasteiger partial charge in [-0.15, -0.1) is 0 Å². The van der Waals surface area contributed by atoms with E-state index in [1.807, 2.05) is 105 Å². The number of carbonyl (C=O) groups is 1. The van der Waals surface area contributed by atoms with Gasteiger partial charge in [-0.2, -0.15) is 0 Å². The van der Waals surface area contributed by atoms with Crippen LogP contribution in [0.5, 0.6) is 0 Å². The van der Waals surface area contributed by atoms with Crippen molar-refractivity contribution in [3.05, 3.63) is 92.6 Å². The molecule has 1 aromatic heterocycles. The van der Waals surface area contributed by atoms with Gasteiger partial charge in [0.25, 0.3) is 0 Å². The van der Waals surface area contributed by atoms with Crippen molar-refractivity contribution < 1.29 is 30.8 Å². The van der Waals surface area contributed by atoms with E-state index in [-0.39, 0.29) is 17.1 Å². The van der Waals surface area contributed by atoms with Crippen LogP contribution < -0.4 is 5.32 Å². The Morgan fingerprint density at radius 2 is 1.59 bits per heavy atom. The van der Waals surface area contributed by atoms with Crippen LogP contribution in [0.3, 0.4) is 0 Å². The minimum Gasteiger partial charge on any atom is -0.444 e. The molecule has 0 unspecified atom stereocenters. The van der Waals surface area contributed by atoms with Crippen LogP contribution in [0.1, 0.15) is 53.1 Å². The fraction of sp³-hybridized carbons (Fsp3) is 0.360. The molecule has 172 valence electrons. The Morgan fingerprint density at radius 3 is 2.06 bits per heavy atom. The molecular weight excluding hydrogens is 464 g/mol. The van der Waals surface area contributed by atoms with E-state index in [1.165, 1.54) is 0 Å². The summed E-state index contributed by atoms with van der Waals surface area (Å²) in [6.45, 7) is 11.2. The summed E-state index contributed by atoms with van der Waals surface area (Å²) >= 11 is 0. The molecule has 2 atom stereocenters. The molecule has 0 bridgehead atoms. The molecule has 2 aliphatic rings. The monoisotopic (exact) mass is 496 g/mol. The van der Waals surface area contributed by atoms with Crippen LogP contribution in [0.2, 0.25) is 0 Å². The van der Waals surface area contributed by atoms with Crippen LogP contribution in [-0.2, 0) is 32.6 Å². The Balaban J connectivity index is 0.000000750. The van der Waals surface area contributed by atoms with Crippen molar-refractivity contribution in [2.45, 2.75) is 57.9 Å². The molecule has 7 heteroatoms. The standard InChI is InChI=1S/C20H27N2O3S.C5H5.Fe/c1-19(2,3)25-18(23)22-17(14-9-8-12-21-13-14)15-10-7-11-16(15)26(24)20(4,5)6;1-2-4-5-3-1;/h7-13,17H,1-6H3,(H,22,23);1-5H;/q;;+2/t17-,26+;;/m0../s1. The molecule has 5 nitrogen and oxygen atoms in total. The van der Waals surface area contributed by atoms with E-state index < -0.39 is 33.3 Å². The van der Waals surface area contributed by atoms with Crippen LogP contribution >= 0.6 is 0 Å². The summed E-state index contributed by atoms with van der Waals surface area (Å²) in [5.74, 6) is 0.789. The summed E-state index contributed by atoms with van der Waals surface area (Å²) in [5.41, 5.74) is 0.198.